The van der Waals surface area contributed by atoms with E-state index in [-0.39, 0.29) is 105 Å². The van der Waals surface area contributed by atoms with Gasteiger partial charge in [-0.05, 0) is 99.3 Å². The largest absolute Gasteiger partial charge is 0.506 e. The number of piperidine rings is 1. The van der Waals surface area contributed by atoms with Crippen LogP contribution < -0.4 is 26.6 Å². The molecule has 0 spiro atoms. The highest BCUT2D eigenvalue weighted by molar-refractivity contribution is 7.14. The number of hydrogen-bond acceptors (Lipinski definition) is 31. The number of esters is 2. The summed E-state index contributed by atoms with van der Waals surface area (Å²) >= 11 is 5.11. The van der Waals surface area contributed by atoms with E-state index in [0.717, 1.165) is 71.3 Å². The van der Waals surface area contributed by atoms with Gasteiger partial charge in [0, 0.05) is 68.5 Å². The van der Waals surface area contributed by atoms with Gasteiger partial charge in [0.1, 0.15) is 114 Å². The lowest BCUT2D eigenvalue weighted by molar-refractivity contribution is -0.280. The number of aliphatic hydroxyl groups is 2. The third-order valence-corrected chi connectivity index (χ3v) is 23.4. The number of ether oxygens (including phenoxy) is 6. The lowest BCUT2D eigenvalue weighted by Crippen LogP contribution is -2.62. The first kappa shape index (κ1) is 79.5. The van der Waals surface area contributed by atoms with Crippen molar-refractivity contribution >= 4 is 115 Å². The summed E-state index contributed by atoms with van der Waals surface area (Å²) in [6.07, 6.45) is -8.95. The second-order valence-electron chi connectivity index (χ2n) is 27.4. The first-order valence-electron chi connectivity index (χ1n) is 34.1. The van der Waals surface area contributed by atoms with E-state index in [2.05, 4.69) is 55.3 Å². The molecule has 109 heavy (non-hydrogen) atoms. The molecule has 0 aliphatic carbocycles. The average molecular weight is 1610 g/mol. The molecule has 1 aromatic carbocycles. The van der Waals surface area contributed by atoms with Crippen molar-refractivity contribution in [2.75, 3.05) is 47.4 Å². The number of likely N-dealkylation sites (N-methyl/N-ethyl adjacent to an activating group) is 1. The van der Waals surface area contributed by atoms with Crippen LogP contribution in [0.25, 0.3) is 49.3 Å². The molecule has 2 saturated heterocycles. The Morgan fingerprint density at radius 2 is 1.48 bits per heavy atom. The van der Waals surface area contributed by atoms with Crippen molar-refractivity contribution in [1.29, 1.82) is 0 Å². The number of aliphatic hydroxyl groups excluding tert-OH is 1. The molecular formula is C69H77F3N14O18S5. The van der Waals surface area contributed by atoms with E-state index in [1.165, 1.54) is 67.0 Å². The molecule has 2 fully saturated rings. The van der Waals surface area contributed by atoms with Gasteiger partial charge in [-0.2, -0.15) is 17.9 Å². The van der Waals surface area contributed by atoms with Crippen LogP contribution >= 0.6 is 56.7 Å². The number of likely N-dealkylation sites (tertiary alicyclic amines) is 1. The van der Waals surface area contributed by atoms with E-state index < -0.39 is 134 Å². The molecule has 10 N–H and O–H groups in total. The molecule has 12 heterocycles. The minimum absolute atomic E-state index is 0.0152. The molecule has 13 rings (SSSR count). The highest BCUT2D eigenvalue weighted by Crippen LogP contribution is 2.43. The first-order chi connectivity index (χ1) is 51.7. The Morgan fingerprint density at radius 1 is 0.835 bits per heavy atom. The van der Waals surface area contributed by atoms with Crippen molar-refractivity contribution in [3.8, 4) is 38.4 Å². The van der Waals surface area contributed by atoms with Gasteiger partial charge in [-0.15, -0.1) is 56.7 Å². The Balaban J connectivity index is 0.00000151. The predicted molar refractivity (Wildman–Crippen MR) is 389 cm³/mol. The monoisotopic (exact) mass is 1610 g/mol. The Morgan fingerprint density at radius 3 is 2.17 bits per heavy atom. The summed E-state index contributed by atoms with van der Waals surface area (Å²) < 4.78 is 70.2. The number of aliphatic carboxylic acids is 1. The lowest BCUT2D eigenvalue weighted by atomic mass is 9.85. The predicted octanol–water partition coefficient (Wildman–Crippen LogP) is 7.15. The molecule has 0 saturated carbocycles. The minimum atomic E-state index is -5.08. The van der Waals surface area contributed by atoms with Crippen LogP contribution in [0.4, 0.5) is 13.2 Å². The zero-order chi connectivity index (χ0) is 78.3. The molecule has 4 amide bonds. The molecular weight excluding hydrogens is 1530 g/mol. The molecule has 5 aliphatic rings. The van der Waals surface area contributed by atoms with Crippen molar-refractivity contribution in [3.05, 3.63) is 112 Å². The number of rotatable bonds is 11. The van der Waals surface area contributed by atoms with Crippen molar-refractivity contribution in [2.45, 2.75) is 159 Å². The number of aromatic hydroxyl groups is 1. The number of benzene rings is 1. The number of carbonyl (C=O) groups excluding carboxylic acids is 6. The summed E-state index contributed by atoms with van der Waals surface area (Å²) in [6, 6.07) is 1.09. The van der Waals surface area contributed by atoms with Crippen LogP contribution in [0.3, 0.4) is 0 Å². The fourth-order valence-corrected chi connectivity index (χ4v) is 17.8. The van der Waals surface area contributed by atoms with E-state index in [1.807, 2.05) is 5.38 Å². The van der Waals surface area contributed by atoms with Crippen LogP contribution in [-0.2, 0) is 62.6 Å². The van der Waals surface area contributed by atoms with Gasteiger partial charge >= 0.3 is 24.1 Å². The normalized spacial score (nSPS) is 24.1. The van der Waals surface area contributed by atoms with Crippen LogP contribution in [0, 0.1) is 0 Å². The number of thiazole rings is 5. The topological polar surface area (TPSA) is 425 Å². The van der Waals surface area contributed by atoms with Gasteiger partial charge in [0.2, 0.25) is 5.91 Å². The Bertz CT molecular complexity index is 4810. The molecule has 12 bridgehead atoms. The standard InChI is InChI=1S/C67H76N14O16S5.C2HF3O2/c1-30(82)46-58(87)77-47(31(2)92-9)61-73-41(28-101-61)57(86)78-50-52-53(97-44-19-67(6,90)54(79(7)8)32(3)96-44)65(89)94-21-33-14-13-15-42-45(33)36(22-93-52)51(81(42)91)64(88)95-23-37(70-55(84)39-27-102-63(50)74-39)60-71-38(25-100-60)48-35(59-72-40(26-99-59)56(85)76-46)18-43(83)49(75-48)62-69-34(24-98-62)20-68-29-66(4,5)80-16-11-10-12-17-80;3-2(4,5)1(6)7/h13-15,18,24-28,30,32,37,44,46,50,52-54,68,82-83,90-91H,10-12,16-17,19-23,29H2,1-9H3,(H,70,84)(H,76,85)(H,77,87)(H,78,86);(H,6,7)/b47-31+;/t30-,32+,37+,44+,46+,50+,52+,53+,54-,67+;/m1./s1. The van der Waals surface area contributed by atoms with E-state index in [9.17, 15) is 43.3 Å². The molecule has 8 aromatic rings. The van der Waals surface area contributed by atoms with Gasteiger partial charge in [-0.3, -0.25) is 24.1 Å². The number of aromatic nitrogens is 7. The molecule has 32 nitrogen and oxygen atoms in total. The number of cyclic esters (lactones) is 2. The number of nitrogens with one attached hydrogen (secondary N) is 5. The summed E-state index contributed by atoms with van der Waals surface area (Å²) in [5.41, 5.74) is -0.971. The van der Waals surface area contributed by atoms with Gasteiger partial charge < -0.3 is 85.5 Å². The number of carbonyl (C=O) groups is 7. The zero-order valence-corrected chi connectivity index (χ0v) is 64.0. The quantitative estimate of drug-likeness (QED) is 0.0349. The number of halogens is 3. The van der Waals surface area contributed by atoms with E-state index in [4.69, 9.17) is 58.3 Å². The van der Waals surface area contributed by atoms with Gasteiger partial charge in [-0.25, -0.2) is 44.3 Å². The second kappa shape index (κ2) is 32.5. The van der Waals surface area contributed by atoms with Crippen molar-refractivity contribution in [1.82, 2.24) is 71.0 Å². The molecule has 0 unspecified atom stereocenters. The van der Waals surface area contributed by atoms with E-state index >= 15 is 19.2 Å². The second-order valence-corrected chi connectivity index (χ2v) is 31.8. The molecule has 0 radical (unpaired) electrons. The van der Waals surface area contributed by atoms with Crippen LogP contribution in [0.2, 0.25) is 0 Å². The average Bonchev–Trinajstić information content (AvgIpc) is 1.59. The SMILES string of the molecule is CO/C(C)=C1/NC(=O)[C@H]([C@@H](C)O)NC(=O)c2csc(n2)-c2cc(O)c(-c3nc(CNCC(C)(C)N4CCCCC4)cs3)nc2-c2csc(n2)[C@@H]2COC(=O)c3c4c5c(cccc5n3O)COC(=O)[C@@H](O[C@H]3C[C@](C)(O)[C@H](N(C)C)[C@H](C)O3)[C@@H](OC4)[C@H](NC(=O)c3csc1n3)c1nc(cs1)C(=O)N2.O=C(O)C(F)(F)F. The van der Waals surface area contributed by atoms with E-state index in [0.29, 0.717) is 34.1 Å². The van der Waals surface area contributed by atoms with Crippen molar-refractivity contribution in [3.63, 3.8) is 0 Å². The number of hydrogen-bond donors (Lipinski definition) is 10. The fourth-order valence-electron chi connectivity index (χ4n) is 13.6. The van der Waals surface area contributed by atoms with Crippen LogP contribution in [0.1, 0.15) is 153 Å². The molecule has 5 aliphatic heterocycles. The summed E-state index contributed by atoms with van der Waals surface area (Å²) in [5.74, 6) is -8.64. The number of allylic oxidation sites excluding steroid dienone is 1. The first-order valence-corrected chi connectivity index (χ1v) is 38.5. The number of alkyl halides is 3. The number of carboxylic acids is 1. The highest BCUT2D eigenvalue weighted by atomic mass is 32.1. The summed E-state index contributed by atoms with van der Waals surface area (Å²) in [5, 5.41) is 78.0. The van der Waals surface area contributed by atoms with Gasteiger partial charge in [0.05, 0.1) is 48.8 Å². The Labute approximate surface area is 639 Å². The smallest absolute Gasteiger partial charge is 0.490 e. The highest BCUT2D eigenvalue weighted by Gasteiger charge is 2.50. The zero-order valence-electron chi connectivity index (χ0n) is 59.9. The molecule has 10 atom stereocenters. The number of amides is 4. The number of methoxy groups -OCH3 is 1. The maximum atomic E-state index is 15.2. The summed E-state index contributed by atoms with van der Waals surface area (Å²) in [7, 11) is 4.90. The summed E-state index contributed by atoms with van der Waals surface area (Å²) in [6.45, 7) is 12.1. The maximum Gasteiger partial charge on any atom is 0.490 e. The van der Waals surface area contributed by atoms with Crippen molar-refractivity contribution in [2.24, 2.45) is 0 Å². The van der Waals surface area contributed by atoms with Crippen LogP contribution in [0.15, 0.2) is 56.9 Å². The third-order valence-electron chi connectivity index (χ3n) is 18.9. The molecule has 7 aromatic heterocycles. The van der Waals surface area contributed by atoms with Gasteiger partial charge in [-0.1, -0.05) is 18.6 Å². The van der Waals surface area contributed by atoms with Gasteiger partial charge in [0.15, 0.2) is 18.1 Å². The Hall–Kier alpha value is -9.04. The van der Waals surface area contributed by atoms with Gasteiger partial charge in [0.25, 0.3) is 17.7 Å². The number of nitrogens with zero attached hydrogens (tertiary/aromatic N) is 9. The molecule has 582 valence electrons. The van der Waals surface area contributed by atoms with Crippen molar-refractivity contribution < 1.29 is 101 Å². The van der Waals surface area contributed by atoms with Crippen LogP contribution in [-0.4, -0.2) is 219 Å². The third kappa shape index (κ3) is 17.1. The van der Waals surface area contributed by atoms with E-state index in [1.54, 1.807) is 50.4 Å². The minimum Gasteiger partial charge on any atom is -0.506 e. The number of fused-ring (bicyclic) bond motifs is 15. The molecule has 40 heteroatoms. The Kier molecular flexibility index (Phi) is 23.7. The van der Waals surface area contributed by atoms with Crippen LogP contribution in [0.5, 0.6) is 5.75 Å². The number of carboxylic acid groups (broad SMARTS) is 1. The lowest BCUT2D eigenvalue weighted by Gasteiger charge is -2.48. The maximum absolute atomic E-state index is 15.2. The summed E-state index contributed by atoms with van der Waals surface area (Å²) in [4.78, 5) is 132. The fraction of sp³-hybridized carbons (Fsp3) is 0.464. The number of pyridine rings is 1.